The zero-order valence-electron chi connectivity index (χ0n) is 11.1. The van der Waals surface area contributed by atoms with Crippen molar-refractivity contribution in [1.29, 1.82) is 0 Å². The first-order valence-electron chi connectivity index (χ1n) is 7.06. The minimum absolute atomic E-state index is 0.286. The van der Waals surface area contributed by atoms with Gasteiger partial charge in [0.2, 0.25) is 0 Å². The van der Waals surface area contributed by atoms with Gasteiger partial charge >= 0.3 is 0 Å². The maximum Gasteiger partial charge on any atom is 0.167 e. The third-order valence-electron chi connectivity index (χ3n) is 4.01. The van der Waals surface area contributed by atoms with Gasteiger partial charge in [-0.1, -0.05) is 17.3 Å². The summed E-state index contributed by atoms with van der Waals surface area (Å²) in [5.74, 6) is 0.508. The molecule has 1 saturated heterocycles. The number of aromatic nitrogens is 1. The van der Waals surface area contributed by atoms with Crippen molar-refractivity contribution in [1.82, 2.24) is 10.1 Å². The van der Waals surface area contributed by atoms with Crippen molar-refractivity contribution < 1.29 is 9.63 Å². The molecule has 0 atom stereocenters. The van der Waals surface area contributed by atoms with Crippen LogP contribution >= 0.6 is 0 Å². The average Bonchev–Trinajstić information content (AvgIpc) is 2.90. The first kappa shape index (κ1) is 12.6. The number of aliphatic hydroxyl groups excluding tert-OH is 1. The summed E-state index contributed by atoms with van der Waals surface area (Å²) in [5.41, 5.74) is 2.01. The van der Waals surface area contributed by atoms with Crippen molar-refractivity contribution in [2.45, 2.75) is 25.2 Å². The minimum atomic E-state index is 0.286. The van der Waals surface area contributed by atoms with E-state index in [1.165, 1.54) is 0 Å². The molecular weight excluding hydrogens is 240 g/mol. The number of hydrogen-bond acceptors (Lipinski definition) is 4. The van der Waals surface area contributed by atoms with Crippen molar-refractivity contribution in [3.63, 3.8) is 0 Å². The number of hydrogen-bond donors (Lipinski definition) is 1. The molecule has 0 unspecified atom stereocenters. The molecule has 0 bridgehead atoms. The Bertz CT molecular complexity index is 530. The van der Waals surface area contributed by atoms with Crippen molar-refractivity contribution in [3.8, 4) is 0 Å². The van der Waals surface area contributed by atoms with Gasteiger partial charge in [-0.05, 0) is 44.5 Å². The molecule has 1 fully saturated rings. The Morgan fingerprint density at radius 1 is 1.26 bits per heavy atom. The summed E-state index contributed by atoms with van der Waals surface area (Å²) in [6, 6.07) is 8.09. The molecule has 1 aliphatic rings. The van der Waals surface area contributed by atoms with Gasteiger partial charge in [0.25, 0.3) is 0 Å². The summed E-state index contributed by atoms with van der Waals surface area (Å²) in [4.78, 5) is 2.43. The summed E-state index contributed by atoms with van der Waals surface area (Å²) >= 11 is 0. The fourth-order valence-electron chi connectivity index (χ4n) is 2.92. The highest BCUT2D eigenvalue weighted by atomic mass is 16.5. The largest absolute Gasteiger partial charge is 0.396 e. The Kier molecular flexibility index (Phi) is 3.80. The lowest BCUT2D eigenvalue weighted by molar-refractivity contribution is 0.186. The molecule has 0 spiro atoms. The Morgan fingerprint density at radius 3 is 2.84 bits per heavy atom. The van der Waals surface area contributed by atoms with Crippen LogP contribution in [0.2, 0.25) is 0 Å². The molecule has 19 heavy (non-hydrogen) atoms. The highest BCUT2D eigenvalue weighted by Gasteiger charge is 2.24. The second-order valence-corrected chi connectivity index (χ2v) is 5.26. The van der Waals surface area contributed by atoms with Crippen LogP contribution in [0, 0.1) is 0 Å². The monoisotopic (exact) mass is 260 g/mol. The average molecular weight is 260 g/mol. The topological polar surface area (TPSA) is 49.5 Å². The molecule has 1 aliphatic heterocycles. The van der Waals surface area contributed by atoms with E-state index in [1.807, 2.05) is 18.2 Å². The Balaban J connectivity index is 1.68. The second-order valence-electron chi connectivity index (χ2n) is 5.26. The Labute approximate surface area is 113 Å². The van der Waals surface area contributed by atoms with Gasteiger partial charge in [-0.15, -0.1) is 0 Å². The molecule has 0 aliphatic carbocycles. The molecule has 102 valence electrons. The van der Waals surface area contributed by atoms with Crippen LogP contribution in [0.1, 0.15) is 30.9 Å². The predicted octanol–water partition coefficient (Wildman–Crippen LogP) is 2.39. The molecule has 0 amide bonds. The van der Waals surface area contributed by atoms with E-state index in [4.69, 9.17) is 9.63 Å². The zero-order valence-corrected chi connectivity index (χ0v) is 11.1. The molecule has 3 rings (SSSR count). The van der Waals surface area contributed by atoms with E-state index in [0.29, 0.717) is 5.92 Å². The van der Waals surface area contributed by atoms with E-state index in [2.05, 4.69) is 16.1 Å². The lowest BCUT2D eigenvalue weighted by Crippen LogP contribution is -2.34. The van der Waals surface area contributed by atoms with Gasteiger partial charge < -0.3 is 14.5 Å². The van der Waals surface area contributed by atoms with Crippen LogP contribution in [-0.4, -0.2) is 41.4 Å². The molecule has 0 saturated carbocycles. The van der Waals surface area contributed by atoms with Gasteiger partial charge in [-0.25, -0.2) is 0 Å². The number of aliphatic hydroxyl groups is 1. The van der Waals surface area contributed by atoms with Crippen LogP contribution in [0.4, 0.5) is 0 Å². The minimum Gasteiger partial charge on any atom is -0.396 e. The first-order chi connectivity index (χ1) is 9.38. The van der Waals surface area contributed by atoms with Crippen LogP contribution in [0.25, 0.3) is 11.0 Å². The number of fused-ring (bicyclic) bond motifs is 1. The number of para-hydroxylation sites is 1. The van der Waals surface area contributed by atoms with E-state index in [0.717, 1.165) is 55.6 Å². The standard InChI is InChI=1S/C15H20N2O2/c18-11-3-8-17-9-6-12(7-10-17)15-13-4-1-2-5-14(13)19-16-15/h1-2,4-5,12,18H,3,6-11H2. The Hall–Kier alpha value is -1.39. The third kappa shape index (κ3) is 2.65. The second kappa shape index (κ2) is 5.72. The molecule has 2 aromatic rings. The van der Waals surface area contributed by atoms with Crippen LogP contribution in [0.5, 0.6) is 0 Å². The number of likely N-dealkylation sites (tertiary alicyclic amines) is 1. The van der Waals surface area contributed by atoms with Crippen molar-refractivity contribution in [2.24, 2.45) is 0 Å². The maximum absolute atomic E-state index is 8.87. The third-order valence-corrected chi connectivity index (χ3v) is 4.01. The van der Waals surface area contributed by atoms with Crippen LogP contribution < -0.4 is 0 Å². The van der Waals surface area contributed by atoms with E-state index in [9.17, 15) is 0 Å². The molecule has 1 aromatic heterocycles. The molecule has 0 radical (unpaired) electrons. The van der Waals surface area contributed by atoms with Gasteiger partial charge in [-0.2, -0.15) is 0 Å². The summed E-state index contributed by atoms with van der Waals surface area (Å²) in [7, 11) is 0. The number of rotatable bonds is 4. The Morgan fingerprint density at radius 2 is 2.05 bits per heavy atom. The highest BCUT2D eigenvalue weighted by molar-refractivity contribution is 5.79. The van der Waals surface area contributed by atoms with Crippen LogP contribution in [0.15, 0.2) is 28.8 Å². The van der Waals surface area contributed by atoms with Crippen molar-refractivity contribution >= 4 is 11.0 Å². The van der Waals surface area contributed by atoms with Crippen molar-refractivity contribution in [3.05, 3.63) is 30.0 Å². The van der Waals surface area contributed by atoms with Crippen LogP contribution in [0.3, 0.4) is 0 Å². The summed E-state index contributed by atoms with van der Waals surface area (Å²) < 4.78 is 5.40. The normalized spacial score (nSPS) is 18.2. The van der Waals surface area contributed by atoms with Gasteiger partial charge in [0, 0.05) is 24.5 Å². The highest BCUT2D eigenvalue weighted by Crippen LogP contribution is 2.32. The molecular formula is C15H20N2O2. The summed E-state index contributed by atoms with van der Waals surface area (Å²) in [5, 5.41) is 14.3. The smallest absolute Gasteiger partial charge is 0.167 e. The summed E-state index contributed by atoms with van der Waals surface area (Å²) in [6.45, 7) is 3.47. The van der Waals surface area contributed by atoms with Gasteiger partial charge in [-0.3, -0.25) is 0 Å². The lowest BCUT2D eigenvalue weighted by Gasteiger charge is -2.30. The molecule has 2 heterocycles. The molecule has 4 nitrogen and oxygen atoms in total. The molecule has 1 aromatic carbocycles. The number of nitrogens with zero attached hydrogens (tertiary/aromatic N) is 2. The van der Waals surface area contributed by atoms with E-state index in [1.54, 1.807) is 0 Å². The quantitative estimate of drug-likeness (QED) is 0.917. The summed E-state index contributed by atoms with van der Waals surface area (Å²) in [6.07, 6.45) is 3.13. The van der Waals surface area contributed by atoms with E-state index < -0.39 is 0 Å². The van der Waals surface area contributed by atoms with Crippen molar-refractivity contribution in [2.75, 3.05) is 26.2 Å². The number of piperidine rings is 1. The van der Waals surface area contributed by atoms with Crippen LogP contribution in [-0.2, 0) is 0 Å². The zero-order chi connectivity index (χ0) is 13.1. The van der Waals surface area contributed by atoms with Gasteiger partial charge in [0.15, 0.2) is 5.58 Å². The molecule has 1 N–H and O–H groups in total. The van der Waals surface area contributed by atoms with E-state index >= 15 is 0 Å². The van der Waals surface area contributed by atoms with Gasteiger partial charge in [0.1, 0.15) is 0 Å². The van der Waals surface area contributed by atoms with E-state index in [-0.39, 0.29) is 6.61 Å². The first-order valence-corrected chi connectivity index (χ1v) is 7.06. The predicted molar refractivity (Wildman–Crippen MR) is 74.1 cm³/mol. The SMILES string of the molecule is OCCCN1CCC(c2noc3ccccc23)CC1. The molecule has 4 heteroatoms. The maximum atomic E-state index is 8.87. The van der Waals surface area contributed by atoms with Gasteiger partial charge in [0.05, 0.1) is 5.69 Å². The number of benzene rings is 1. The fraction of sp³-hybridized carbons (Fsp3) is 0.533. The lowest BCUT2D eigenvalue weighted by atomic mass is 9.91. The fourth-order valence-corrected chi connectivity index (χ4v) is 2.92.